The van der Waals surface area contributed by atoms with Crippen LogP contribution in [0.15, 0.2) is 28.7 Å². The van der Waals surface area contributed by atoms with Crippen molar-refractivity contribution in [3.63, 3.8) is 0 Å². The highest BCUT2D eigenvalue weighted by atomic mass is 79.9. The van der Waals surface area contributed by atoms with Gasteiger partial charge in [-0.25, -0.2) is 5.84 Å². The molecule has 76 valence electrons. The lowest BCUT2D eigenvalue weighted by molar-refractivity contribution is -0.121. The van der Waals surface area contributed by atoms with E-state index in [1.807, 2.05) is 24.3 Å². The van der Waals surface area contributed by atoms with Crippen LogP contribution in [0, 0.1) is 0 Å². The van der Waals surface area contributed by atoms with Gasteiger partial charge in [0.15, 0.2) is 0 Å². The fourth-order valence-electron chi connectivity index (χ4n) is 1.14. The molecule has 0 aliphatic heterocycles. The topological polar surface area (TPSA) is 81.1 Å². The number of benzene rings is 1. The van der Waals surface area contributed by atoms with E-state index in [0.29, 0.717) is 0 Å². The van der Waals surface area contributed by atoms with Crippen molar-refractivity contribution in [3.05, 3.63) is 34.3 Å². The molecule has 0 saturated heterocycles. The Morgan fingerprint density at radius 3 is 2.71 bits per heavy atom. The second kappa shape index (κ2) is 5.09. The third kappa shape index (κ3) is 2.80. The molecule has 1 rings (SSSR count). The normalized spacial score (nSPS) is 12.2. The summed E-state index contributed by atoms with van der Waals surface area (Å²) in [6.07, 6.45) is 0.180. The Morgan fingerprint density at radius 1 is 1.50 bits per heavy atom. The van der Waals surface area contributed by atoms with E-state index in [0.717, 1.165) is 10.0 Å². The molecule has 14 heavy (non-hydrogen) atoms. The highest BCUT2D eigenvalue weighted by Crippen LogP contribution is 2.23. The van der Waals surface area contributed by atoms with Gasteiger partial charge in [0.25, 0.3) is 0 Å². The Bertz CT molecular complexity index is 330. The molecule has 1 amide bonds. The number of hydrogen-bond donors (Lipinski definition) is 3. The summed E-state index contributed by atoms with van der Waals surface area (Å²) in [7, 11) is 0. The summed E-state index contributed by atoms with van der Waals surface area (Å²) in [4.78, 5) is 11.0. The van der Waals surface area contributed by atoms with Gasteiger partial charge in [-0.05, 0) is 11.6 Å². The molecule has 1 aromatic rings. The molecule has 1 unspecified atom stereocenters. The smallest absolute Gasteiger partial charge is 0.235 e. The Morgan fingerprint density at radius 2 is 2.14 bits per heavy atom. The lowest BCUT2D eigenvalue weighted by atomic mass is 10.0. The molecule has 4 nitrogen and oxygen atoms in total. The molecule has 0 heterocycles. The second-order valence-electron chi connectivity index (χ2n) is 2.90. The van der Waals surface area contributed by atoms with E-state index in [4.69, 9.17) is 11.6 Å². The van der Waals surface area contributed by atoms with Gasteiger partial charge in [0.2, 0.25) is 5.91 Å². The van der Waals surface area contributed by atoms with Crippen molar-refractivity contribution >= 4 is 21.8 Å². The maximum Gasteiger partial charge on any atom is 0.235 e. The molecule has 5 heteroatoms. The molecule has 0 aliphatic rings. The van der Waals surface area contributed by atoms with Gasteiger partial charge < -0.3 is 5.73 Å². The summed E-state index contributed by atoms with van der Waals surface area (Å²) in [5.41, 5.74) is 8.78. The molecule has 0 spiro atoms. The second-order valence-corrected chi connectivity index (χ2v) is 3.75. The minimum absolute atomic E-state index is 0.180. The monoisotopic (exact) mass is 257 g/mol. The number of halogens is 1. The first-order chi connectivity index (χ1) is 6.65. The zero-order chi connectivity index (χ0) is 10.6. The third-order valence-electron chi connectivity index (χ3n) is 1.87. The van der Waals surface area contributed by atoms with Crippen molar-refractivity contribution in [2.45, 2.75) is 12.5 Å². The molecular formula is C9H12BrN3O. The van der Waals surface area contributed by atoms with Gasteiger partial charge >= 0.3 is 0 Å². The van der Waals surface area contributed by atoms with Crippen LogP contribution < -0.4 is 17.0 Å². The molecule has 0 saturated carbocycles. The van der Waals surface area contributed by atoms with E-state index in [-0.39, 0.29) is 18.4 Å². The first kappa shape index (κ1) is 11.2. The molecule has 0 aromatic heterocycles. The molecule has 1 aromatic carbocycles. The van der Waals surface area contributed by atoms with Crippen LogP contribution in [0.25, 0.3) is 0 Å². The van der Waals surface area contributed by atoms with Crippen LogP contribution in [0.2, 0.25) is 0 Å². The fourth-order valence-corrected chi connectivity index (χ4v) is 1.72. The lowest BCUT2D eigenvalue weighted by Crippen LogP contribution is -2.32. The quantitative estimate of drug-likeness (QED) is 0.426. The van der Waals surface area contributed by atoms with E-state index in [9.17, 15) is 4.79 Å². The summed E-state index contributed by atoms with van der Waals surface area (Å²) in [6.45, 7) is 0. The van der Waals surface area contributed by atoms with E-state index in [1.165, 1.54) is 0 Å². The van der Waals surface area contributed by atoms with Gasteiger partial charge in [0, 0.05) is 16.9 Å². The lowest BCUT2D eigenvalue weighted by Gasteiger charge is -2.12. The molecule has 0 bridgehead atoms. The number of hydrogen-bond acceptors (Lipinski definition) is 3. The van der Waals surface area contributed by atoms with E-state index in [1.54, 1.807) is 0 Å². The summed E-state index contributed by atoms with van der Waals surface area (Å²) in [5.74, 6) is 4.70. The van der Waals surface area contributed by atoms with E-state index < -0.39 is 0 Å². The molecule has 0 radical (unpaired) electrons. The van der Waals surface area contributed by atoms with Crippen LogP contribution in [0.4, 0.5) is 0 Å². The fraction of sp³-hybridized carbons (Fsp3) is 0.222. The first-order valence-electron chi connectivity index (χ1n) is 4.14. The number of amides is 1. The van der Waals surface area contributed by atoms with E-state index >= 15 is 0 Å². The van der Waals surface area contributed by atoms with Crippen molar-refractivity contribution in [1.82, 2.24) is 5.43 Å². The standard InChI is InChI=1S/C9H12BrN3O/c10-7-4-2-1-3-6(7)8(11)5-9(14)13-12/h1-4,8H,5,11-12H2,(H,13,14). The Balaban J connectivity index is 2.74. The first-order valence-corrected chi connectivity index (χ1v) is 4.94. The van der Waals surface area contributed by atoms with Crippen LogP contribution >= 0.6 is 15.9 Å². The summed E-state index contributed by atoms with van der Waals surface area (Å²) in [6, 6.07) is 7.19. The van der Waals surface area contributed by atoms with Crippen molar-refractivity contribution in [2.24, 2.45) is 11.6 Å². The van der Waals surface area contributed by atoms with Gasteiger partial charge in [-0.3, -0.25) is 10.2 Å². The van der Waals surface area contributed by atoms with E-state index in [2.05, 4.69) is 21.4 Å². The molecular weight excluding hydrogens is 246 g/mol. The van der Waals surface area contributed by atoms with Crippen LogP contribution in [0.5, 0.6) is 0 Å². The number of nitrogens with two attached hydrogens (primary N) is 2. The predicted octanol–water partition coefficient (Wildman–Crippen LogP) is 0.829. The SMILES string of the molecule is NNC(=O)CC(N)c1ccccc1Br. The zero-order valence-electron chi connectivity index (χ0n) is 7.53. The largest absolute Gasteiger partial charge is 0.323 e. The summed E-state index contributed by atoms with van der Waals surface area (Å²) < 4.78 is 0.900. The van der Waals surface area contributed by atoms with Crippen molar-refractivity contribution < 1.29 is 4.79 Å². The van der Waals surface area contributed by atoms with Gasteiger partial charge in [-0.2, -0.15) is 0 Å². The van der Waals surface area contributed by atoms with Gasteiger partial charge in [-0.15, -0.1) is 0 Å². The molecule has 0 aliphatic carbocycles. The number of carbonyl (C=O) groups excluding carboxylic acids is 1. The van der Waals surface area contributed by atoms with Crippen molar-refractivity contribution in [1.29, 1.82) is 0 Å². The van der Waals surface area contributed by atoms with Crippen molar-refractivity contribution in [2.75, 3.05) is 0 Å². The Labute approximate surface area is 90.8 Å². The number of nitrogens with one attached hydrogen (secondary N) is 1. The average molecular weight is 258 g/mol. The molecule has 0 fully saturated rings. The summed E-state index contributed by atoms with van der Waals surface area (Å²) >= 11 is 3.37. The van der Waals surface area contributed by atoms with Crippen LogP contribution in [-0.2, 0) is 4.79 Å². The third-order valence-corrected chi connectivity index (χ3v) is 2.59. The number of rotatable bonds is 3. The maximum absolute atomic E-state index is 11.0. The number of carbonyl (C=O) groups is 1. The summed E-state index contributed by atoms with van der Waals surface area (Å²) in [5, 5.41) is 0. The van der Waals surface area contributed by atoms with Crippen LogP contribution in [0.1, 0.15) is 18.0 Å². The van der Waals surface area contributed by atoms with Crippen molar-refractivity contribution in [3.8, 4) is 0 Å². The van der Waals surface area contributed by atoms with Crippen LogP contribution in [-0.4, -0.2) is 5.91 Å². The highest BCUT2D eigenvalue weighted by molar-refractivity contribution is 9.10. The molecule has 5 N–H and O–H groups in total. The highest BCUT2D eigenvalue weighted by Gasteiger charge is 2.12. The Kier molecular flexibility index (Phi) is 4.06. The van der Waals surface area contributed by atoms with Gasteiger partial charge in [0.1, 0.15) is 0 Å². The zero-order valence-corrected chi connectivity index (χ0v) is 9.12. The van der Waals surface area contributed by atoms with Gasteiger partial charge in [0.05, 0.1) is 0 Å². The maximum atomic E-state index is 11.0. The van der Waals surface area contributed by atoms with Crippen LogP contribution in [0.3, 0.4) is 0 Å². The number of hydrazine groups is 1. The average Bonchev–Trinajstić information content (AvgIpc) is 2.18. The minimum atomic E-state index is -0.339. The molecule has 1 atom stereocenters. The predicted molar refractivity (Wildman–Crippen MR) is 58.0 cm³/mol. The Hall–Kier alpha value is -0.910. The van der Waals surface area contributed by atoms with Gasteiger partial charge in [-0.1, -0.05) is 34.1 Å². The minimum Gasteiger partial charge on any atom is -0.323 e.